The van der Waals surface area contributed by atoms with Crippen LogP contribution in [0.5, 0.6) is 0 Å². The number of anilines is 2. The van der Waals surface area contributed by atoms with Gasteiger partial charge < -0.3 is 20.5 Å². The predicted octanol–water partition coefficient (Wildman–Crippen LogP) is 2.56. The van der Waals surface area contributed by atoms with E-state index in [4.69, 9.17) is 0 Å². The Hall–Kier alpha value is -2.76. The van der Waals surface area contributed by atoms with Crippen molar-refractivity contribution in [3.8, 4) is 0 Å². The molecule has 3 rings (SSSR count). The number of hydrogen-bond acceptors (Lipinski definition) is 2. The van der Waals surface area contributed by atoms with E-state index in [0.29, 0.717) is 23.1 Å². The zero-order chi connectivity index (χ0) is 15.5. The van der Waals surface area contributed by atoms with Crippen LogP contribution in [0.1, 0.15) is 23.3 Å². The van der Waals surface area contributed by atoms with Gasteiger partial charge in [0.25, 0.3) is 5.91 Å². The molecule has 0 atom stereocenters. The topological polar surface area (TPSA) is 75.2 Å². The molecule has 22 heavy (non-hydrogen) atoms. The molecule has 0 spiro atoms. The number of carbonyl (C=O) groups excluding carboxylic acids is 2. The standard InChI is InChI=1S/C16H18N4O2/c1-20-10-2-3-14(20)15(21)17-11-4-6-12(7-5-11)18-16(22)19-13-8-9-13/h2-7,10,13H,8-9H2,1H3,(H,17,21)(H2,18,19,22). The zero-order valence-corrected chi connectivity index (χ0v) is 12.3. The second-order valence-electron chi connectivity index (χ2n) is 5.41. The summed E-state index contributed by atoms with van der Waals surface area (Å²) in [6, 6.07) is 10.7. The van der Waals surface area contributed by atoms with Gasteiger partial charge in [-0.2, -0.15) is 0 Å². The van der Waals surface area contributed by atoms with Crippen LogP contribution in [0.25, 0.3) is 0 Å². The molecule has 2 aromatic rings. The highest BCUT2D eigenvalue weighted by Gasteiger charge is 2.23. The Morgan fingerprint density at radius 3 is 2.23 bits per heavy atom. The normalized spacial score (nSPS) is 13.5. The van der Waals surface area contributed by atoms with Gasteiger partial charge in [0.2, 0.25) is 0 Å². The van der Waals surface area contributed by atoms with Gasteiger partial charge in [-0.25, -0.2) is 4.79 Å². The molecule has 6 nitrogen and oxygen atoms in total. The van der Waals surface area contributed by atoms with Crippen molar-refractivity contribution in [3.63, 3.8) is 0 Å². The highest BCUT2D eigenvalue weighted by Crippen LogP contribution is 2.19. The van der Waals surface area contributed by atoms with Gasteiger partial charge >= 0.3 is 6.03 Å². The maximum atomic E-state index is 12.1. The van der Waals surface area contributed by atoms with E-state index in [0.717, 1.165) is 12.8 Å². The number of aryl methyl sites for hydroxylation is 1. The Labute approximate surface area is 128 Å². The molecule has 0 radical (unpaired) electrons. The summed E-state index contributed by atoms with van der Waals surface area (Å²) in [5, 5.41) is 8.43. The van der Waals surface area contributed by atoms with Crippen LogP contribution in [0.15, 0.2) is 42.6 Å². The van der Waals surface area contributed by atoms with Gasteiger partial charge in [0, 0.05) is 30.7 Å². The number of amides is 3. The summed E-state index contributed by atoms with van der Waals surface area (Å²) in [7, 11) is 1.82. The Morgan fingerprint density at radius 2 is 1.68 bits per heavy atom. The quantitative estimate of drug-likeness (QED) is 0.811. The summed E-state index contributed by atoms with van der Waals surface area (Å²) >= 11 is 0. The number of urea groups is 1. The third-order valence-corrected chi connectivity index (χ3v) is 3.49. The fourth-order valence-electron chi connectivity index (χ4n) is 2.11. The molecular formula is C16H18N4O2. The summed E-state index contributed by atoms with van der Waals surface area (Å²) in [4.78, 5) is 23.7. The van der Waals surface area contributed by atoms with E-state index in [1.165, 1.54) is 0 Å². The van der Waals surface area contributed by atoms with Crippen LogP contribution in [0, 0.1) is 0 Å². The zero-order valence-electron chi connectivity index (χ0n) is 12.3. The Bertz CT molecular complexity index is 686. The number of benzene rings is 1. The van der Waals surface area contributed by atoms with E-state index >= 15 is 0 Å². The lowest BCUT2D eigenvalue weighted by atomic mass is 10.2. The van der Waals surface area contributed by atoms with Crippen molar-refractivity contribution < 1.29 is 9.59 Å². The second-order valence-corrected chi connectivity index (χ2v) is 5.41. The summed E-state index contributed by atoms with van der Waals surface area (Å²) in [5.74, 6) is -0.167. The van der Waals surface area contributed by atoms with Crippen LogP contribution in [0.4, 0.5) is 16.2 Å². The maximum Gasteiger partial charge on any atom is 0.319 e. The van der Waals surface area contributed by atoms with Gasteiger partial charge in [-0.1, -0.05) is 0 Å². The van der Waals surface area contributed by atoms with Gasteiger partial charge in [0.1, 0.15) is 5.69 Å². The summed E-state index contributed by atoms with van der Waals surface area (Å²) in [5.41, 5.74) is 1.96. The minimum absolute atomic E-state index is 0.167. The monoisotopic (exact) mass is 298 g/mol. The largest absolute Gasteiger partial charge is 0.347 e. The first-order valence-corrected chi connectivity index (χ1v) is 7.22. The first-order valence-electron chi connectivity index (χ1n) is 7.22. The Kier molecular flexibility index (Phi) is 3.82. The highest BCUT2D eigenvalue weighted by atomic mass is 16.2. The first-order chi connectivity index (χ1) is 10.6. The molecule has 0 unspecified atom stereocenters. The van der Waals surface area contributed by atoms with E-state index in [1.807, 2.05) is 19.3 Å². The van der Waals surface area contributed by atoms with E-state index < -0.39 is 0 Å². The van der Waals surface area contributed by atoms with Crippen molar-refractivity contribution in [2.24, 2.45) is 7.05 Å². The molecule has 3 amide bonds. The van der Waals surface area contributed by atoms with Crippen molar-refractivity contribution in [2.75, 3.05) is 10.6 Å². The molecule has 3 N–H and O–H groups in total. The van der Waals surface area contributed by atoms with Crippen molar-refractivity contribution in [2.45, 2.75) is 18.9 Å². The molecule has 1 saturated carbocycles. The minimum atomic E-state index is -0.192. The number of rotatable bonds is 4. The SMILES string of the molecule is Cn1cccc1C(=O)Nc1ccc(NC(=O)NC2CC2)cc1. The summed E-state index contributed by atoms with van der Waals surface area (Å²) in [6.45, 7) is 0. The molecule has 0 aliphatic heterocycles. The van der Waals surface area contributed by atoms with Gasteiger partial charge in [-0.15, -0.1) is 0 Å². The maximum absolute atomic E-state index is 12.1. The van der Waals surface area contributed by atoms with Crippen LogP contribution < -0.4 is 16.0 Å². The van der Waals surface area contributed by atoms with E-state index in [9.17, 15) is 9.59 Å². The fourth-order valence-corrected chi connectivity index (χ4v) is 2.11. The third kappa shape index (κ3) is 3.46. The van der Waals surface area contributed by atoms with Gasteiger partial charge in [0.15, 0.2) is 0 Å². The molecule has 1 aliphatic carbocycles. The van der Waals surface area contributed by atoms with Crippen LogP contribution in [0.3, 0.4) is 0 Å². The molecule has 0 bridgehead atoms. The summed E-state index contributed by atoms with van der Waals surface area (Å²) in [6.07, 6.45) is 3.93. The lowest BCUT2D eigenvalue weighted by Crippen LogP contribution is -2.30. The first kappa shape index (κ1) is 14.2. The van der Waals surface area contributed by atoms with E-state index in [2.05, 4.69) is 16.0 Å². The minimum Gasteiger partial charge on any atom is -0.347 e. The molecule has 0 saturated heterocycles. The lowest BCUT2D eigenvalue weighted by Gasteiger charge is -2.09. The number of nitrogens with one attached hydrogen (secondary N) is 3. The van der Waals surface area contributed by atoms with E-state index in [1.54, 1.807) is 34.9 Å². The second kappa shape index (κ2) is 5.93. The summed E-state index contributed by atoms with van der Waals surface area (Å²) < 4.78 is 1.76. The third-order valence-electron chi connectivity index (χ3n) is 3.49. The Morgan fingerprint density at radius 1 is 1.05 bits per heavy atom. The van der Waals surface area contributed by atoms with Gasteiger partial charge in [0.05, 0.1) is 0 Å². The van der Waals surface area contributed by atoms with Crippen molar-refractivity contribution >= 4 is 23.3 Å². The number of aromatic nitrogens is 1. The average molecular weight is 298 g/mol. The fraction of sp³-hybridized carbons (Fsp3) is 0.250. The number of hydrogen-bond donors (Lipinski definition) is 3. The molecule has 1 aliphatic rings. The average Bonchev–Trinajstić information content (AvgIpc) is 3.19. The van der Waals surface area contributed by atoms with Crippen molar-refractivity contribution in [3.05, 3.63) is 48.3 Å². The molecule has 1 aromatic heterocycles. The van der Waals surface area contributed by atoms with Crippen LogP contribution in [0.2, 0.25) is 0 Å². The van der Waals surface area contributed by atoms with Crippen LogP contribution >= 0.6 is 0 Å². The molecular weight excluding hydrogens is 280 g/mol. The lowest BCUT2D eigenvalue weighted by molar-refractivity contribution is 0.101. The smallest absolute Gasteiger partial charge is 0.319 e. The van der Waals surface area contributed by atoms with E-state index in [-0.39, 0.29) is 11.9 Å². The molecule has 1 heterocycles. The van der Waals surface area contributed by atoms with Crippen molar-refractivity contribution in [1.29, 1.82) is 0 Å². The van der Waals surface area contributed by atoms with Crippen LogP contribution in [-0.4, -0.2) is 22.5 Å². The number of carbonyl (C=O) groups is 2. The molecule has 1 aromatic carbocycles. The predicted molar refractivity (Wildman–Crippen MR) is 85.0 cm³/mol. The van der Waals surface area contributed by atoms with Crippen molar-refractivity contribution in [1.82, 2.24) is 9.88 Å². The molecule has 114 valence electrons. The molecule has 1 fully saturated rings. The van der Waals surface area contributed by atoms with Gasteiger partial charge in [-0.3, -0.25) is 4.79 Å². The molecule has 6 heteroatoms. The highest BCUT2D eigenvalue weighted by molar-refractivity contribution is 6.03. The van der Waals surface area contributed by atoms with Gasteiger partial charge in [-0.05, 0) is 49.2 Å². The number of nitrogens with zero attached hydrogens (tertiary/aromatic N) is 1. The Balaban J connectivity index is 1.58. The van der Waals surface area contributed by atoms with Crippen LogP contribution in [-0.2, 0) is 7.05 Å².